The van der Waals surface area contributed by atoms with Crippen LogP contribution in [0.1, 0.15) is 17.4 Å². The first-order valence-electron chi connectivity index (χ1n) is 4.41. The largest absolute Gasteiger partial charge is 0.319 e. The summed E-state index contributed by atoms with van der Waals surface area (Å²) < 4.78 is 12.9. The van der Waals surface area contributed by atoms with E-state index in [4.69, 9.17) is 0 Å². The summed E-state index contributed by atoms with van der Waals surface area (Å²) in [6.07, 6.45) is 0. The maximum absolute atomic E-state index is 12.9. The van der Waals surface area contributed by atoms with Gasteiger partial charge in [-0.25, -0.2) is 9.37 Å². The number of fused-ring (bicyclic) bond motifs is 1. The normalized spacial score (nSPS) is 13.0. The third kappa shape index (κ3) is 1.92. The molecule has 0 radical (unpaired) electrons. The minimum atomic E-state index is -0.389. The van der Waals surface area contributed by atoms with Crippen molar-refractivity contribution in [3.8, 4) is 0 Å². The molecule has 5 heteroatoms. The third-order valence-electron chi connectivity index (χ3n) is 2.06. The summed E-state index contributed by atoms with van der Waals surface area (Å²) in [6.45, 7) is 1.81. The number of benzene rings is 1. The van der Waals surface area contributed by atoms with Crippen LogP contribution in [0.3, 0.4) is 0 Å². The van der Waals surface area contributed by atoms with E-state index in [0.29, 0.717) is 16.7 Å². The number of hydrogen-bond donors (Lipinski definition) is 1. The van der Waals surface area contributed by atoms with Crippen LogP contribution in [0.2, 0.25) is 0 Å². The van der Waals surface area contributed by atoms with Gasteiger partial charge in [-0.3, -0.25) is 4.79 Å². The van der Waals surface area contributed by atoms with E-state index in [2.05, 4.69) is 25.9 Å². The van der Waals surface area contributed by atoms with Gasteiger partial charge in [0.15, 0.2) is 0 Å². The first kappa shape index (κ1) is 10.3. The highest BCUT2D eigenvalue weighted by Gasteiger charge is 2.09. The molecule has 0 aliphatic rings. The van der Waals surface area contributed by atoms with Crippen LogP contribution in [0.15, 0.2) is 23.0 Å². The van der Waals surface area contributed by atoms with Crippen LogP contribution in [0.5, 0.6) is 0 Å². The highest BCUT2D eigenvalue weighted by Crippen LogP contribution is 2.18. The molecular weight excluding hydrogens is 263 g/mol. The van der Waals surface area contributed by atoms with Crippen molar-refractivity contribution in [1.82, 2.24) is 9.97 Å². The number of hydrogen-bond acceptors (Lipinski definition) is 2. The molecule has 0 aliphatic carbocycles. The number of nitrogens with one attached hydrogen (secondary N) is 1. The lowest BCUT2D eigenvalue weighted by Gasteiger charge is -2.03. The summed E-state index contributed by atoms with van der Waals surface area (Å²) in [6, 6.07) is 4.11. The molecule has 1 heterocycles. The van der Waals surface area contributed by atoms with Crippen LogP contribution in [0, 0.1) is 5.82 Å². The summed E-state index contributed by atoms with van der Waals surface area (Å²) in [5.74, 6) is -0.389. The fraction of sp³-hybridized carbons (Fsp3) is 0.200. The molecule has 15 heavy (non-hydrogen) atoms. The molecule has 78 valence electrons. The Morgan fingerprint density at radius 2 is 2.27 bits per heavy atom. The Bertz CT molecular complexity index is 565. The van der Waals surface area contributed by atoms with Crippen molar-refractivity contribution < 1.29 is 4.39 Å². The van der Waals surface area contributed by atoms with Gasteiger partial charge in [0.05, 0.1) is 15.9 Å². The number of nitrogens with zero attached hydrogens (tertiary/aromatic N) is 1. The van der Waals surface area contributed by atoms with Crippen molar-refractivity contribution in [2.24, 2.45) is 0 Å². The smallest absolute Gasteiger partial charge is 0.271 e. The number of aromatic amines is 1. The average molecular weight is 271 g/mol. The molecule has 1 atom stereocenters. The molecule has 0 fully saturated rings. The van der Waals surface area contributed by atoms with E-state index in [1.165, 1.54) is 12.1 Å². The van der Waals surface area contributed by atoms with Gasteiger partial charge in [0, 0.05) is 0 Å². The number of alkyl halides is 1. The van der Waals surface area contributed by atoms with E-state index in [-0.39, 0.29) is 16.2 Å². The lowest BCUT2D eigenvalue weighted by Crippen LogP contribution is -2.15. The molecule has 1 N–H and O–H groups in total. The van der Waals surface area contributed by atoms with Crippen molar-refractivity contribution in [1.29, 1.82) is 0 Å². The molecule has 1 aromatic heterocycles. The molecular formula is C10H8BrFN2O. The second-order valence-corrected chi connectivity index (χ2v) is 4.60. The zero-order valence-electron chi connectivity index (χ0n) is 7.92. The predicted molar refractivity (Wildman–Crippen MR) is 59.7 cm³/mol. The molecule has 2 aromatic rings. The van der Waals surface area contributed by atoms with E-state index in [1.807, 2.05) is 6.92 Å². The molecule has 1 aromatic carbocycles. The molecule has 2 rings (SSSR count). The molecule has 0 saturated carbocycles. The molecule has 0 bridgehead atoms. The van der Waals surface area contributed by atoms with Gasteiger partial charge in [0.2, 0.25) is 0 Å². The van der Waals surface area contributed by atoms with Crippen molar-refractivity contribution in [2.45, 2.75) is 11.8 Å². The SMILES string of the molecule is CC(Br)c1nc2ccc(F)cc2[nH]c1=O. The summed E-state index contributed by atoms with van der Waals surface area (Å²) in [7, 11) is 0. The van der Waals surface area contributed by atoms with Crippen molar-refractivity contribution in [3.63, 3.8) is 0 Å². The number of rotatable bonds is 1. The number of aromatic nitrogens is 2. The van der Waals surface area contributed by atoms with E-state index in [0.717, 1.165) is 0 Å². The van der Waals surface area contributed by atoms with Crippen molar-refractivity contribution >= 4 is 27.0 Å². The van der Waals surface area contributed by atoms with Crippen LogP contribution in [0.25, 0.3) is 11.0 Å². The lowest BCUT2D eigenvalue weighted by molar-refractivity contribution is 0.629. The summed E-state index contributed by atoms with van der Waals surface area (Å²) in [4.78, 5) is 18.1. The van der Waals surface area contributed by atoms with Crippen LogP contribution >= 0.6 is 15.9 Å². The van der Waals surface area contributed by atoms with Crippen LogP contribution in [0.4, 0.5) is 4.39 Å². The van der Waals surface area contributed by atoms with E-state index in [9.17, 15) is 9.18 Å². The fourth-order valence-electron chi connectivity index (χ4n) is 1.34. The van der Waals surface area contributed by atoms with Gasteiger partial charge in [0.1, 0.15) is 11.5 Å². The Kier molecular flexibility index (Phi) is 2.56. The zero-order chi connectivity index (χ0) is 11.0. The second kappa shape index (κ2) is 3.73. The third-order valence-corrected chi connectivity index (χ3v) is 2.49. The monoisotopic (exact) mass is 270 g/mol. The maximum Gasteiger partial charge on any atom is 0.271 e. The minimum Gasteiger partial charge on any atom is -0.319 e. The molecule has 0 amide bonds. The first-order valence-corrected chi connectivity index (χ1v) is 5.33. The fourth-order valence-corrected chi connectivity index (χ4v) is 1.65. The average Bonchev–Trinajstić information content (AvgIpc) is 2.15. The predicted octanol–water partition coefficient (Wildman–Crippen LogP) is 2.52. The highest BCUT2D eigenvalue weighted by atomic mass is 79.9. The Morgan fingerprint density at radius 1 is 1.53 bits per heavy atom. The van der Waals surface area contributed by atoms with Gasteiger partial charge in [-0.2, -0.15) is 0 Å². The second-order valence-electron chi connectivity index (χ2n) is 3.23. The molecule has 0 aliphatic heterocycles. The Balaban J connectivity index is 2.76. The first-order chi connectivity index (χ1) is 7.08. The minimum absolute atomic E-state index is 0.129. The van der Waals surface area contributed by atoms with Crippen molar-refractivity contribution in [3.05, 3.63) is 40.1 Å². The topological polar surface area (TPSA) is 45.8 Å². The molecule has 0 spiro atoms. The summed E-state index contributed by atoms with van der Waals surface area (Å²) in [5.41, 5.74) is 1.10. The van der Waals surface area contributed by atoms with Gasteiger partial charge in [-0.15, -0.1) is 0 Å². The maximum atomic E-state index is 12.9. The van der Waals surface area contributed by atoms with Crippen LogP contribution in [-0.2, 0) is 0 Å². The Labute approximate surface area is 93.5 Å². The number of H-pyrrole nitrogens is 1. The quantitative estimate of drug-likeness (QED) is 0.810. The van der Waals surface area contributed by atoms with Gasteiger partial charge < -0.3 is 4.98 Å². The van der Waals surface area contributed by atoms with Gasteiger partial charge in [-0.05, 0) is 25.1 Å². The van der Waals surface area contributed by atoms with Crippen molar-refractivity contribution in [2.75, 3.05) is 0 Å². The highest BCUT2D eigenvalue weighted by molar-refractivity contribution is 9.09. The van der Waals surface area contributed by atoms with Crippen LogP contribution in [-0.4, -0.2) is 9.97 Å². The Hall–Kier alpha value is -1.23. The van der Waals surface area contributed by atoms with Gasteiger partial charge in [0.25, 0.3) is 5.56 Å². The zero-order valence-corrected chi connectivity index (χ0v) is 9.51. The van der Waals surface area contributed by atoms with E-state index < -0.39 is 0 Å². The van der Waals surface area contributed by atoms with Gasteiger partial charge in [-0.1, -0.05) is 15.9 Å². The molecule has 1 unspecified atom stereocenters. The lowest BCUT2D eigenvalue weighted by atomic mass is 10.2. The van der Waals surface area contributed by atoms with Crippen LogP contribution < -0.4 is 5.56 Å². The number of halogens is 2. The molecule has 3 nitrogen and oxygen atoms in total. The molecule has 0 saturated heterocycles. The van der Waals surface area contributed by atoms with E-state index in [1.54, 1.807) is 6.07 Å². The van der Waals surface area contributed by atoms with Gasteiger partial charge >= 0.3 is 0 Å². The Morgan fingerprint density at radius 3 is 2.93 bits per heavy atom. The standard InChI is InChI=1S/C10H8BrFN2O/c1-5(11)9-10(15)14-8-4-6(12)2-3-7(8)13-9/h2-5H,1H3,(H,14,15). The van der Waals surface area contributed by atoms with E-state index >= 15 is 0 Å². The summed E-state index contributed by atoms with van der Waals surface area (Å²) >= 11 is 3.28. The summed E-state index contributed by atoms with van der Waals surface area (Å²) in [5, 5.41) is 0.